The molecule has 1 aliphatic heterocycles. The highest BCUT2D eigenvalue weighted by atomic mass is 19.1. The molecule has 2 aliphatic carbocycles. The van der Waals surface area contributed by atoms with E-state index in [1.807, 2.05) is 0 Å². The zero-order valence-electron chi connectivity index (χ0n) is 14.1. The summed E-state index contributed by atoms with van der Waals surface area (Å²) in [6.07, 6.45) is 7.24. The number of amides is 1. The Morgan fingerprint density at radius 3 is 2.48 bits per heavy atom. The van der Waals surface area contributed by atoms with Gasteiger partial charge < -0.3 is 9.64 Å². The van der Waals surface area contributed by atoms with Crippen molar-refractivity contribution in [1.82, 2.24) is 4.90 Å². The number of likely N-dealkylation sites (tertiary alicyclic amines) is 1. The molecule has 5 heteroatoms. The second kappa shape index (κ2) is 6.78. The summed E-state index contributed by atoms with van der Waals surface area (Å²) in [5, 5.41) is 0. The molecular weight excluding hydrogens is 297 g/mol. The summed E-state index contributed by atoms with van der Waals surface area (Å²) in [6, 6.07) is 0. The normalized spacial score (nSPS) is 28.4. The van der Waals surface area contributed by atoms with Gasteiger partial charge in [0, 0.05) is 13.1 Å². The second-order valence-electron chi connectivity index (χ2n) is 7.67. The van der Waals surface area contributed by atoms with Gasteiger partial charge in [-0.2, -0.15) is 0 Å². The van der Waals surface area contributed by atoms with Crippen LogP contribution in [0.3, 0.4) is 0 Å². The van der Waals surface area contributed by atoms with E-state index in [0.29, 0.717) is 25.4 Å². The van der Waals surface area contributed by atoms with E-state index in [0.717, 1.165) is 32.1 Å². The van der Waals surface area contributed by atoms with E-state index in [2.05, 4.69) is 0 Å². The van der Waals surface area contributed by atoms with Crippen molar-refractivity contribution in [2.24, 2.45) is 17.3 Å². The average Bonchev–Trinajstić information content (AvgIpc) is 3.28. The maximum atomic E-state index is 14.4. The largest absolute Gasteiger partial charge is 0.469 e. The zero-order chi connectivity index (χ0) is 16.4. The van der Waals surface area contributed by atoms with Crippen LogP contribution in [0, 0.1) is 17.3 Å². The molecule has 23 heavy (non-hydrogen) atoms. The summed E-state index contributed by atoms with van der Waals surface area (Å²) in [6.45, 7) is 1.16. The van der Waals surface area contributed by atoms with Crippen LogP contribution in [0.5, 0.6) is 0 Å². The summed E-state index contributed by atoms with van der Waals surface area (Å²) in [5.74, 6) is -0.0923. The molecule has 3 fully saturated rings. The van der Waals surface area contributed by atoms with Gasteiger partial charge in [0.2, 0.25) is 0 Å². The summed E-state index contributed by atoms with van der Waals surface area (Å²) >= 11 is 0. The van der Waals surface area contributed by atoms with Crippen molar-refractivity contribution < 1.29 is 18.7 Å². The predicted molar refractivity (Wildman–Crippen MR) is 84.5 cm³/mol. The standard InChI is InChI=1S/C18H28FNO3/c1-23-17(22)14-12-18(14)7-9-20(10-8-18)16(21)15(19)11-13-5-3-2-4-6-13/h13-15H,2-12H2,1H3/t14-,15+/m1/s1. The van der Waals surface area contributed by atoms with E-state index in [4.69, 9.17) is 4.74 Å². The van der Waals surface area contributed by atoms with Gasteiger partial charge in [0.25, 0.3) is 5.91 Å². The van der Waals surface area contributed by atoms with Crippen molar-refractivity contribution in [2.45, 2.75) is 64.0 Å². The Hall–Kier alpha value is -1.13. The Morgan fingerprint density at radius 1 is 1.22 bits per heavy atom. The number of methoxy groups -OCH3 is 1. The van der Waals surface area contributed by atoms with Crippen LogP contribution in [0.25, 0.3) is 0 Å². The minimum Gasteiger partial charge on any atom is -0.469 e. The number of rotatable bonds is 4. The Kier molecular flexibility index (Phi) is 4.93. The minimum atomic E-state index is -1.34. The first-order valence-electron chi connectivity index (χ1n) is 9.06. The first-order chi connectivity index (χ1) is 11.1. The van der Waals surface area contributed by atoms with Gasteiger partial charge in [-0.05, 0) is 37.0 Å². The van der Waals surface area contributed by atoms with Crippen molar-refractivity contribution in [3.8, 4) is 0 Å². The number of esters is 1. The topological polar surface area (TPSA) is 46.6 Å². The van der Waals surface area contributed by atoms with Crippen LogP contribution >= 0.6 is 0 Å². The molecule has 0 aromatic rings. The Bertz CT molecular complexity index is 453. The van der Waals surface area contributed by atoms with Crippen LogP contribution in [-0.4, -0.2) is 43.1 Å². The van der Waals surface area contributed by atoms with Crippen LogP contribution in [0.4, 0.5) is 4.39 Å². The SMILES string of the molecule is COC(=O)[C@H]1CC12CCN(C(=O)[C@@H](F)CC1CCCCC1)CC2. The van der Waals surface area contributed by atoms with Gasteiger partial charge in [-0.25, -0.2) is 4.39 Å². The van der Waals surface area contributed by atoms with E-state index >= 15 is 0 Å². The fraction of sp³-hybridized carbons (Fsp3) is 0.889. The van der Waals surface area contributed by atoms with Crippen molar-refractivity contribution in [2.75, 3.05) is 20.2 Å². The molecule has 0 N–H and O–H groups in total. The Morgan fingerprint density at radius 2 is 1.87 bits per heavy atom. The molecule has 130 valence electrons. The molecule has 4 nitrogen and oxygen atoms in total. The lowest BCUT2D eigenvalue weighted by molar-refractivity contribution is -0.143. The molecule has 0 unspecified atom stereocenters. The lowest BCUT2D eigenvalue weighted by Gasteiger charge is -2.34. The van der Waals surface area contributed by atoms with E-state index in [1.54, 1.807) is 4.90 Å². The predicted octanol–water partition coefficient (Wildman–Crippen LogP) is 3.10. The Balaban J connectivity index is 1.46. The van der Waals surface area contributed by atoms with Gasteiger partial charge in [-0.15, -0.1) is 0 Å². The highest BCUT2D eigenvalue weighted by Gasteiger charge is 2.59. The first kappa shape index (κ1) is 16.7. The number of hydrogen-bond donors (Lipinski definition) is 0. The fourth-order valence-electron chi connectivity index (χ4n) is 4.56. The average molecular weight is 325 g/mol. The maximum absolute atomic E-state index is 14.4. The van der Waals surface area contributed by atoms with Crippen molar-refractivity contribution in [1.29, 1.82) is 0 Å². The quantitative estimate of drug-likeness (QED) is 0.746. The lowest BCUT2D eigenvalue weighted by Crippen LogP contribution is -2.44. The monoisotopic (exact) mass is 325 g/mol. The smallest absolute Gasteiger partial charge is 0.309 e. The van der Waals surface area contributed by atoms with Crippen LogP contribution < -0.4 is 0 Å². The highest BCUT2D eigenvalue weighted by molar-refractivity contribution is 5.81. The zero-order valence-corrected chi connectivity index (χ0v) is 14.1. The van der Waals surface area contributed by atoms with Gasteiger partial charge in [0.1, 0.15) is 0 Å². The fourth-order valence-corrected chi connectivity index (χ4v) is 4.56. The molecule has 0 bridgehead atoms. The first-order valence-corrected chi connectivity index (χ1v) is 9.06. The summed E-state index contributed by atoms with van der Waals surface area (Å²) < 4.78 is 19.2. The van der Waals surface area contributed by atoms with Crippen molar-refractivity contribution >= 4 is 11.9 Å². The molecule has 1 amide bonds. The number of halogens is 1. The molecule has 0 radical (unpaired) electrons. The minimum absolute atomic E-state index is 0.00633. The molecular formula is C18H28FNO3. The van der Waals surface area contributed by atoms with Crippen molar-refractivity contribution in [3.05, 3.63) is 0 Å². The van der Waals surface area contributed by atoms with Crippen molar-refractivity contribution in [3.63, 3.8) is 0 Å². The van der Waals surface area contributed by atoms with E-state index < -0.39 is 6.17 Å². The third-order valence-corrected chi connectivity index (χ3v) is 6.28. The van der Waals surface area contributed by atoms with Gasteiger partial charge >= 0.3 is 5.97 Å². The molecule has 2 atom stereocenters. The number of alkyl halides is 1. The van der Waals surface area contributed by atoms with E-state index in [9.17, 15) is 14.0 Å². The summed E-state index contributed by atoms with van der Waals surface area (Å²) in [4.78, 5) is 25.6. The maximum Gasteiger partial charge on any atom is 0.309 e. The highest BCUT2D eigenvalue weighted by Crippen LogP contribution is 2.59. The summed E-state index contributed by atoms with van der Waals surface area (Å²) in [7, 11) is 1.42. The third-order valence-electron chi connectivity index (χ3n) is 6.28. The van der Waals surface area contributed by atoms with Gasteiger partial charge in [-0.3, -0.25) is 9.59 Å². The number of nitrogens with zero attached hydrogens (tertiary/aromatic N) is 1. The molecule has 3 aliphatic rings. The second-order valence-corrected chi connectivity index (χ2v) is 7.67. The van der Waals surface area contributed by atoms with E-state index in [-0.39, 0.29) is 23.2 Å². The van der Waals surface area contributed by atoms with Crippen LogP contribution in [-0.2, 0) is 14.3 Å². The molecule has 2 saturated carbocycles. The molecule has 1 spiro atoms. The van der Waals surface area contributed by atoms with Gasteiger partial charge in [0.05, 0.1) is 13.0 Å². The Labute approximate surface area is 137 Å². The molecule has 1 saturated heterocycles. The molecule has 1 heterocycles. The number of carbonyl (C=O) groups is 2. The van der Waals surface area contributed by atoms with Gasteiger partial charge in [-0.1, -0.05) is 32.1 Å². The molecule has 0 aromatic heterocycles. The van der Waals surface area contributed by atoms with Crippen LogP contribution in [0.15, 0.2) is 0 Å². The summed E-state index contributed by atoms with van der Waals surface area (Å²) in [5.41, 5.74) is 0.0268. The van der Waals surface area contributed by atoms with Gasteiger partial charge in [0.15, 0.2) is 6.17 Å². The molecule has 0 aromatic carbocycles. The number of hydrogen-bond acceptors (Lipinski definition) is 3. The van der Waals surface area contributed by atoms with Crippen LogP contribution in [0.2, 0.25) is 0 Å². The van der Waals surface area contributed by atoms with Crippen LogP contribution in [0.1, 0.15) is 57.8 Å². The number of carbonyl (C=O) groups excluding carboxylic acids is 2. The molecule has 3 rings (SSSR count). The van der Waals surface area contributed by atoms with E-state index in [1.165, 1.54) is 26.4 Å². The number of ether oxygens (including phenoxy) is 1. The number of piperidine rings is 1. The third kappa shape index (κ3) is 3.53. The lowest BCUT2D eigenvalue weighted by atomic mass is 9.85.